The van der Waals surface area contributed by atoms with Gasteiger partial charge in [0.1, 0.15) is 17.3 Å². The number of amides is 1. The van der Waals surface area contributed by atoms with Crippen molar-refractivity contribution in [1.82, 2.24) is 9.88 Å². The lowest BCUT2D eigenvalue weighted by Gasteiger charge is -2.26. The van der Waals surface area contributed by atoms with Crippen LogP contribution < -0.4 is 4.74 Å². The fourth-order valence-corrected chi connectivity index (χ4v) is 5.16. The molecular formula is C28H21Cl2FN2O4. The summed E-state index contributed by atoms with van der Waals surface area (Å²) in [6.45, 7) is 0.165. The number of nitrogens with zero attached hydrogens (tertiary/aromatic N) is 1. The van der Waals surface area contributed by atoms with Gasteiger partial charge in [0, 0.05) is 39.3 Å². The molecule has 1 amide bonds. The molecule has 1 atom stereocenters. The second-order valence-electron chi connectivity index (χ2n) is 8.64. The number of Topliss-reactive ketones (excluding diaryl/α,β-unsaturated/α-hetero) is 1. The number of likely N-dealkylation sites (tertiary alicyclic amines) is 1. The Bertz CT molecular complexity index is 1560. The van der Waals surface area contributed by atoms with Crippen LogP contribution in [-0.2, 0) is 16.0 Å². The largest absolute Gasteiger partial charge is 0.507 e. The number of aromatic nitrogens is 1. The van der Waals surface area contributed by atoms with E-state index in [4.69, 9.17) is 27.9 Å². The smallest absolute Gasteiger partial charge is 0.295 e. The van der Waals surface area contributed by atoms with Gasteiger partial charge in [-0.1, -0.05) is 29.3 Å². The number of aromatic amines is 1. The molecule has 188 valence electrons. The number of carbonyl (C=O) groups is 2. The number of carbonyl (C=O) groups excluding carboxylic acids is 2. The molecule has 1 fully saturated rings. The lowest BCUT2D eigenvalue weighted by Crippen LogP contribution is -2.31. The Morgan fingerprint density at radius 2 is 1.84 bits per heavy atom. The van der Waals surface area contributed by atoms with Crippen LogP contribution in [0.25, 0.3) is 16.7 Å². The third kappa shape index (κ3) is 4.56. The van der Waals surface area contributed by atoms with E-state index in [1.165, 1.54) is 35.2 Å². The predicted octanol–water partition coefficient (Wildman–Crippen LogP) is 6.29. The molecule has 0 bridgehead atoms. The van der Waals surface area contributed by atoms with Gasteiger partial charge < -0.3 is 19.7 Å². The van der Waals surface area contributed by atoms with Crippen molar-refractivity contribution in [1.29, 1.82) is 0 Å². The van der Waals surface area contributed by atoms with Gasteiger partial charge in [0.05, 0.1) is 18.7 Å². The number of benzene rings is 3. The molecule has 2 N–H and O–H groups in total. The topological polar surface area (TPSA) is 82.6 Å². The van der Waals surface area contributed by atoms with Gasteiger partial charge in [-0.05, 0) is 72.1 Å². The molecule has 0 radical (unpaired) electrons. The van der Waals surface area contributed by atoms with Crippen LogP contribution in [0.4, 0.5) is 4.39 Å². The van der Waals surface area contributed by atoms with Crippen LogP contribution in [0, 0.1) is 5.82 Å². The number of halogens is 3. The maximum Gasteiger partial charge on any atom is 0.295 e. The van der Waals surface area contributed by atoms with Crippen LogP contribution >= 0.6 is 23.2 Å². The predicted molar refractivity (Wildman–Crippen MR) is 140 cm³/mol. The van der Waals surface area contributed by atoms with Gasteiger partial charge in [-0.15, -0.1) is 0 Å². The molecule has 3 aromatic carbocycles. The Kier molecular flexibility index (Phi) is 6.67. The summed E-state index contributed by atoms with van der Waals surface area (Å²) < 4.78 is 18.8. The van der Waals surface area contributed by atoms with Crippen molar-refractivity contribution < 1.29 is 23.8 Å². The maximum atomic E-state index is 13.5. The molecule has 2 heterocycles. The SMILES string of the molecule is COc1ccc2[nH]cc(CCN3C(=O)C(=O)C(=C(O)c4ccc(F)cc4)[C@@H]3c3ccc(Cl)cc3Cl)c2c1. The second kappa shape index (κ2) is 9.92. The van der Waals surface area contributed by atoms with E-state index in [9.17, 15) is 19.1 Å². The van der Waals surface area contributed by atoms with Crippen LogP contribution in [0.15, 0.2) is 72.4 Å². The minimum Gasteiger partial charge on any atom is -0.507 e. The van der Waals surface area contributed by atoms with Gasteiger partial charge in [-0.2, -0.15) is 0 Å². The molecule has 6 nitrogen and oxygen atoms in total. The number of methoxy groups -OCH3 is 1. The normalized spacial score (nSPS) is 17.1. The first kappa shape index (κ1) is 24.9. The van der Waals surface area contributed by atoms with Crippen LogP contribution in [0.1, 0.15) is 22.7 Å². The number of fused-ring (bicyclic) bond motifs is 1. The number of ketones is 1. The van der Waals surface area contributed by atoms with E-state index in [1.807, 2.05) is 24.4 Å². The van der Waals surface area contributed by atoms with Crippen molar-refractivity contribution in [2.45, 2.75) is 12.5 Å². The first-order chi connectivity index (χ1) is 17.8. The number of hydrogen-bond donors (Lipinski definition) is 2. The summed E-state index contributed by atoms with van der Waals surface area (Å²) in [5, 5.41) is 12.7. The Balaban J connectivity index is 1.58. The zero-order valence-corrected chi connectivity index (χ0v) is 21.1. The summed E-state index contributed by atoms with van der Waals surface area (Å²) in [6.07, 6.45) is 2.27. The van der Waals surface area contributed by atoms with Crippen LogP contribution in [0.3, 0.4) is 0 Å². The molecule has 1 aromatic heterocycles. The molecule has 9 heteroatoms. The lowest BCUT2D eigenvalue weighted by atomic mass is 9.95. The Morgan fingerprint density at radius 3 is 2.54 bits per heavy atom. The summed E-state index contributed by atoms with van der Waals surface area (Å²) in [5.41, 5.74) is 2.36. The average Bonchev–Trinajstić information content (AvgIpc) is 3.40. The molecule has 37 heavy (non-hydrogen) atoms. The summed E-state index contributed by atoms with van der Waals surface area (Å²) in [5.74, 6) is -1.82. The van der Waals surface area contributed by atoms with E-state index in [1.54, 1.807) is 19.2 Å². The van der Waals surface area contributed by atoms with E-state index in [0.29, 0.717) is 22.8 Å². The van der Waals surface area contributed by atoms with Crippen molar-refractivity contribution in [2.24, 2.45) is 0 Å². The molecule has 1 aliphatic heterocycles. The highest BCUT2D eigenvalue weighted by atomic mass is 35.5. The zero-order valence-electron chi connectivity index (χ0n) is 19.6. The van der Waals surface area contributed by atoms with Crippen LogP contribution in [0.2, 0.25) is 10.0 Å². The summed E-state index contributed by atoms with van der Waals surface area (Å²) in [7, 11) is 1.59. The zero-order chi connectivity index (χ0) is 26.3. The number of nitrogens with one attached hydrogen (secondary N) is 1. The van der Waals surface area contributed by atoms with E-state index < -0.39 is 29.3 Å². The first-order valence-electron chi connectivity index (χ1n) is 11.4. The molecule has 1 aliphatic rings. The second-order valence-corrected chi connectivity index (χ2v) is 9.48. The van der Waals surface area contributed by atoms with Gasteiger partial charge in [-0.25, -0.2) is 4.39 Å². The highest BCUT2D eigenvalue weighted by Crippen LogP contribution is 2.42. The summed E-state index contributed by atoms with van der Waals surface area (Å²) >= 11 is 12.6. The van der Waals surface area contributed by atoms with E-state index in [2.05, 4.69) is 4.98 Å². The number of ether oxygens (including phenoxy) is 1. The molecule has 0 unspecified atom stereocenters. The Labute approximate surface area is 221 Å². The fraction of sp³-hybridized carbons (Fsp3) is 0.143. The average molecular weight is 539 g/mol. The van der Waals surface area contributed by atoms with Gasteiger partial charge >= 0.3 is 0 Å². The Morgan fingerprint density at radius 1 is 1.08 bits per heavy atom. The minimum atomic E-state index is -0.963. The van der Waals surface area contributed by atoms with E-state index >= 15 is 0 Å². The highest BCUT2D eigenvalue weighted by Gasteiger charge is 2.46. The summed E-state index contributed by atoms with van der Waals surface area (Å²) in [6, 6.07) is 14.5. The van der Waals surface area contributed by atoms with Crippen molar-refractivity contribution in [3.8, 4) is 5.75 Å². The molecular weight excluding hydrogens is 518 g/mol. The van der Waals surface area contributed by atoms with Crippen molar-refractivity contribution >= 4 is 51.6 Å². The molecule has 0 aliphatic carbocycles. The lowest BCUT2D eigenvalue weighted by molar-refractivity contribution is -0.139. The molecule has 1 saturated heterocycles. The van der Waals surface area contributed by atoms with Gasteiger partial charge in [-0.3, -0.25) is 9.59 Å². The molecule has 4 aromatic rings. The number of aliphatic hydroxyl groups is 1. The van der Waals surface area contributed by atoms with Crippen molar-refractivity contribution in [3.63, 3.8) is 0 Å². The molecule has 0 spiro atoms. The number of H-pyrrole nitrogens is 1. The van der Waals surface area contributed by atoms with E-state index in [-0.39, 0.29) is 22.7 Å². The van der Waals surface area contributed by atoms with Crippen LogP contribution in [-0.4, -0.2) is 40.3 Å². The quantitative estimate of drug-likeness (QED) is 0.172. The van der Waals surface area contributed by atoms with E-state index in [0.717, 1.165) is 16.5 Å². The van der Waals surface area contributed by atoms with Gasteiger partial charge in [0.15, 0.2) is 0 Å². The monoisotopic (exact) mass is 538 g/mol. The number of aliphatic hydroxyl groups excluding tert-OH is 1. The first-order valence-corrected chi connectivity index (χ1v) is 12.2. The standard InChI is InChI=1S/C28H21Cl2FN2O4/c1-37-19-7-9-23-21(13-19)16(14-32-23)10-11-33-25(20-8-4-17(29)12-22(20)30)24(27(35)28(33)36)26(34)15-2-5-18(31)6-3-15/h2-9,12-14,25,32,34H,10-11H2,1H3/t25-/m0/s1. The Hall–Kier alpha value is -3.81. The third-order valence-corrected chi connectivity index (χ3v) is 7.07. The maximum absolute atomic E-state index is 13.5. The highest BCUT2D eigenvalue weighted by molar-refractivity contribution is 6.47. The van der Waals surface area contributed by atoms with Crippen molar-refractivity contribution in [3.05, 3.63) is 105 Å². The van der Waals surface area contributed by atoms with Gasteiger partial charge in [0.2, 0.25) is 0 Å². The number of rotatable bonds is 6. The van der Waals surface area contributed by atoms with Gasteiger partial charge in [0.25, 0.3) is 11.7 Å². The molecule has 0 saturated carbocycles. The fourth-order valence-electron chi connectivity index (χ4n) is 4.65. The third-order valence-electron chi connectivity index (χ3n) is 6.51. The minimum absolute atomic E-state index is 0.124. The van der Waals surface area contributed by atoms with Crippen LogP contribution in [0.5, 0.6) is 5.75 Å². The molecule has 5 rings (SSSR count). The summed E-state index contributed by atoms with van der Waals surface area (Å²) in [4.78, 5) is 31.1. The van der Waals surface area contributed by atoms with Crippen molar-refractivity contribution in [2.75, 3.05) is 13.7 Å². The number of hydrogen-bond acceptors (Lipinski definition) is 4.